The van der Waals surface area contributed by atoms with Gasteiger partial charge in [-0.05, 0) is 54.6 Å². The molecule has 0 saturated carbocycles. The Kier molecular flexibility index (Phi) is 10.2. The summed E-state index contributed by atoms with van der Waals surface area (Å²) in [7, 11) is 3.05. The molecule has 1 saturated heterocycles. The lowest BCUT2D eigenvalue weighted by molar-refractivity contribution is -0.0494. The second-order valence-electron chi connectivity index (χ2n) is 11.2. The van der Waals surface area contributed by atoms with Crippen molar-refractivity contribution in [3.8, 4) is 22.8 Å². The van der Waals surface area contributed by atoms with Gasteiger partial charge in [-0.15, -0.1) is 0 Å². The van der Waals surface area contributed by atoms with Crippen molar-refractivity contribution >= 4 is 23.2 Å². The molecule has 0 unspecified atom stereocenters. The number of ether oxygens (including phenoxy) is 2. The Morgan fingerprint density at radius 1 is 0.917 bits per heavy atom. The number of pyridine rings is 1. The summed E-state index contributed by atoms with van der Waals surface area (Å²) in [5.41, 5.74) is 2.03. The zero-order valence-corrected chi connectivity index (χ0v) is 27.1. The van der Waals surface area contributed by atoms with Crippen LogP contribution in [0.25, 0.3) is 11.3 Å². The van der Waals surface area contributed by atoms with E-state index in [1.165, 1.54) is 31.3 Å². The SMILES string of the molecule is CC.COc1ccc(CN2Cc3nc(-c4c(F)cccc4F)cc(Nc4ccc(C(=O)N5CCC(F)(F)CC5)cc4)c3C2=O)c(OC)c1. The largest absolute Gasteiger partial charge is 0.497 e. The number of hydrogen-bond donors (Lipinski definition) is 1. The molecule has 1 fully saturated rings. The molecular formula is C36H36F4N4O4. The van der Waals surface area contributed by atoms with Crippen molar-refractivity contribution in [2.45, 2.75) is 45.7 Å². The monoisotopic (exact) mass is 664 g/mol. The van der Waals surface area contributed by atoms with E-state index in [9.17, 15) is 27.2 Å². The number of nitrogens with zero attached hydrogens (tertiary/aromatic N) is 3. The number of benzene rings is 3. The molecule has 1 N–H and O–H groups in total. The number of rotatable bonds is 8. The van der Waals surface area contributed by atoms with Crippen molar-refractivity contribution < 1.29 is 36.6 Å². The van der Waals surface area contributed by atoms with Gasteiger partial charge in [-0.1, -0.05) is 19.9 Å². The summed E-state index contributed by atoms with van der Waals surface area (Å²) >= 11 is 0. The first-order valence-electron chi connectivity index (χ1n) is 15.6. The third kappa shape index (κ3) is 7.07. The highest BCUT2D eigenvalue weighted by Gasteiger charge is 2.36. The first-order valence-corrected chi connectivity index (χ1v) is 15.6. The molecule has 0 bridgehead atoms. The normalized spacial score (nSPS) is 15.0. The van der Waals surface area contributed by atoms with E-state index in [0.29, 0.717) is 28.4 Å². The summed E-state index contributed by atoms with van der Waals surface area (Å²) in [4.78, 5) is 34.2. The summed E-state index contributed by atoms with van der Waals surface area (Å²) in [6.07, 6.45) is -0.764. The van der Waals surface area contributed by atoms with Crippen LogP contribution in [0.2, 0.25) is 0 Å². The van der Waals surface area contributed by atoms with Gasteiger partial charge in [-0.25, -0.2) is 22.5 Å². The van der Waals surface area contributed by atoms with E-state index in [2.05, 4.69) is 10.3 Å². The van der Waals surface area contributed by atoms with Crippen LogP contribution in [0.1, 0.15) is 58.7 Å². The predicted octanol–water partition coefficient (Wildman–Crippen LogP) is 7.84. The number of piperidine rings is 1. The van der Waals surface area contributed by atoms with Crippen molar-refractivity contribution in [2.75, 3.05) is 32.6 Å². The van der Waals surface area contributed by atoms with Crippen LogP contribution in [-0.4, -0.2) is 59.8 Å². The van der Waals surface area contributed by atoms with Crippen LogP contribution in [0.5, 0.6) is 11.5 Å². The first kappa shape index (κ1) is 34.2. The molecule has 0 aliphatic carbocycles. The molecular weight excluding hydrogens is 628 g/mol. The lowest BCUT2D eigenvalue weighted by Gasteiger charge is -2.31. The maximum atomic E-state index is 14.9. The van der Waals surface area contributed by atoms with Crippen LogP contribution < -0.4 is 14.8 Å². The van der Waals surface area contributed by atoms with Gasteiger partial charge in [0.1, 0.15) is 23.1 Å². The molecule has 6 rings (SSSR count). The van der Waals surface area contributed by atoms with Gasteiger partial charge in [-0.2, -0.15) is 0 Å². The fraction of sp³-hybridized carbons (Fsp3) is 0.306. The topological polar surface area (TPSA) is 84.0 Å². The average molecular weight is 665 g/mol. The number of carbonyl (C=O) groups is 2. The first-order chi connectivity index (χ1) is 23.1. The number of halogens is 4. The van der Waals surface area contributed by atoms with Gasteiger partial charge in [0.15, 0.2) is 0 Å². The maximum Gasteiger partial charge on any atom is 0.258 e. The van der Waals surface area contributed by atoms with Crippen LogP contribution in [0, 0.1) is 11.6 Å². The molecule has 12 heteroatoms. The number of likely N-dealkylation sites (tertiary alicyclic amines) is 1. The highest BCUT2D eigenvalue weighted by molar-refractivity contribution is 6.04. The molecule has 8 nitrogen and oxygen atoms in total. The van der Waals surface area contributed by atoms with Crippen LogP contribution in [0.3, 0.4) is 0 Å². The van der Waals surface area contributed by atoms with Crippen molar-refractivity contribution in [2.24, 2.45) is 0 Å². The van der Waals surface area contributed by atoms with Gasteiger partial charge in [0.05, 0.1) is 55.5 Å². The highest BCUT2D eigenvalue weighted by Crippen LogP contribution is 2.37. The van der Waals surface area contributed by atoms with Gasteiger partial charge in [0.2, 0.25) is 0 Å². The lowest BCUT2D eigenvalue weighted by atomic mass is 10.0. The molecule has 3 aromatic carbocycles. The summed E-state index contributed by atoms with van der Waals surface area (Å²) in [6, 6.07) is 16.5. The summed E-state index contributed by atoms with van der Waals surface area (Å²) in [5.74, 6) is -3.97. The van der Waals surface area contributed by atoms with Crippen LogP contribution in [-0.2, 0) is 13.1 Å². The summed E-state index contributed by atoms with van der Waals surface area (Å²) < 4.78 is 67.7. The van der Waals surface area contributed by atoms with Crippen LogP contribution in [0.15, 0.2) is 66.7 Å². The Bertz CT molecular complexity index is 1790. The Hall–Kier alpha value is -5.13. The third-order valence-corrected chi connectivity index (χ3v) is 8.20. The molecule has 252 valence electrons. The second-order valence-corrected chi connectivity index (χ2v) is 11.2. The molecule has 0 radical (unpaired) electrons. The smallest absolute Gasteiger partial charge is 0.258 e. The van der Waals surface area contributed by atoms with Gasteiger partial charge in [0.25, 0.3) is 17.7 Å². The number of amides is 2. The zero-order chi connectivity index (χ0) is 34.6. The lowest BCUT2D eigenvalue weighted by Crippen LogP contribution is -2.42. The minimum absolute atomic E-state index is 0.00206. The van der Waals surface area contributed by atoms with E-state index >= 15 is 0 Å². The van der Waals surface area contributed by atoms with Gasteiger partial charge in [0, 0.05) is 48.8 Å². The van der Waals surface area contributed by atoms with E-state index in [0.717, 1.165) is 17.7 Å². The number of nitrogens with one attached hydrogen (secondary N) is 1. The molecule has 0 spiro atoms. The van der Waals surface area contributed by atoms with E-state index < -0.39 is 17.6 Å². The Morgan fingerprint density at radius 3 is 2.21 bits per heavy atom. The van der Waals surface area contributed by atoms with Crippen molar-refractivity contribution in [1.29, 1.82) is 0 Å². The van der Waals surface area contributed by atoms with E-state index in [1.807, 2.05) is 13.8 Å². The molecule has 1 aromatic heterocycles. The van der Waals surface area contributed by atoms with E-state index in [-0.39, 0.29) is 73.3 Å². The number of anilines is 2. The van der Waals surface area contributed by atoms with Crippen molar-refractivity contribution in [3.05, 3.63) is 101 Å². The maximum absolute atomic E-state index is 14.9. The number of carbonyl (C=O) groups excluding carboxylic acids is 2. The van der Waals surface area contributed by atoms with Crippen molar-refractivity contribution in [1.82, 2.24) is 14.8 Å². The van der Waals surface area contributed by atoms with Gasteiger partial charge >= 0.3 is 0 Å². The number of fused-ring (bicyclic) bond motifs is 1. The molecule has 48 heavy (non-hydrogen) atoms. The second kappa shape index (κ2) is 14.3. The fourth-order valence-electron chi connectivity index (χ4n) is 5.72. The van der Waals surface area contributed by atoms with Gasteiger partial charge in [-0.3, -0.25) is 9.59 Å². The molecule has 2 aliphatic rings. The fourth-order valence-corrected chi connectivity index (χ4v) is 5.72. The van der Waals surface area contributed by atoms with Crippen LogP contribution >= 0.6 is 0 Å². The average Bonchev–Trinajstić information content (AvgIpc) is 3.40. The Labute approximate surface area is 276 Å². The molecule has 4 aromatic rings. The zero-order valence-electron chi connectivity index (χ0n) is 27.1. The quantitative estimate of drug-likeness (QED) is 0.193. The number of aromatic nitrogens is 1. The highest BCUT2D eigenvalue weighted by atomic mass is 19.3. The Morgan fingerprint density at radius 2 is 1.58 bits per heavy atom. The Balaban J connectivity index is 0.00000221. The number of hydrogen-bond acceptors (Lipinski definition) is 6. The van der Waals surface area contributed by atoms with E-state index in [1.54, 1.807) is 47.4 Å². The van der Waals surface area contributed by atoms with E-state index in [4.69, 9.17) is 9.47 Å². The molecule has 3 heterocycles. The molecule has 2 amide bonds. The number of alkyl halides is 2. The van der Waals surface area contributed by atoms with Crippen LogP contribution in [0.4, 0.5) is 28.9 Å². The molecule has 0 atom stereocenters. The minimum Gasteiger partial charge on any atom is -0.497 e. The third-order valence-electron chi connectivity index (χ3n) is 8.20. The summed E-state index contributed by atoms with van der Waals surface area (Å²) in [5, 5.41) is 3.16. The minimum atomic E-state index is -2.77. The summed E-state index contributed by atoms with van der Waals surface area (Å²) in [6.45, 7) is 4.17. The standard InChI is InChI=1S/C34H30F4N4O4.C2H6/c1-45-23-11-8-21(29(16-23)46-2)18-42-19-28-31(33(42)44)27(17-26(40-28)30-24(35)4-3-5-25(30)36)39-22-9-6-20(7-10-22)32(43)41-14-12-34(37,38)13-15-41;1-2/h3-11,16-17H,12-15,18-19H2,1-2H3,(H,39,40);1-2H3. The molecule has 2 aliphatic heterocycles. The van der Waals surface area contributed by atoms with Gasteiger partial charge < -0.3 is 24.6 Å². The van der Waals surface area contributed by atoms with Crippen molar-refractivity contribution in [3.63, 3.8) is 0 Å². The predicted molar refractivity (Wildman–Crippen MR) is 174 cm³/mol. The number of methoxy groups -OCH3 is 2.